The summed E-state index contributed by atoms with van der Waals surface area (Å²) in [5.74, 6) is 0.588. The third-order valence-electron chi connectivity index (χ3n) is 11.0. The molecule has 2 aromatic heterocycles. The van der Waals surface area contributed by atoms with Gasteiger partial charge in [0.25, 0.3) is 0 Å². The van der Waals surface area contributed by atoms with Gasteiger partial charge in [-0.3, -0.25) is 4.79 Å². The van der Waals surface area contributed by atoms with Crippen LogP contribution in [0.25, 0.3) is 11.1 Å². The van der Waals surface area contributed by atoms with Crippen molar-refractivity contribution < 1.29 is 23.4 Å². The summed E-state index contributed by atoms with van der Waals surface area (Å²) in [4.78, 5) is 15.9. The van der Waals surface area contributed by atoms with E-state index in [9.17, 15) is 4.79 Å². The van der Waals surface area contributed by atoms with Gasteiger partial charge in [0.05, 0.1) is 35.3 Å². The van der Waals surface area contributed by atoms with E-state index in [1.807, 2.05) is 20.8 Å². The molecule has 0 radical (unpaired) electrons. The molecule has 0 saturated carbocycles. The number of rotatable bonds is 16. The van der Waals surface area contributed by atoms with E-state index < -0.39 is 0 Å². The summed E-state index contributed by atoms with van der Waals surface area (Å²) in [7, 11) is 0. The highest BCUT2D eigenvalue weighted by Gasteiger charge is 2.28. The van der Waals surface area contributed by atoms with Gasteiger partial charge in [0.15, 0.2) is 24.8 Å². The molecule has 7 nitrogen and oxygen atoms in total. The first kappa shape index (κ1) is 45.3. The Morgan fingerprint density at radius 1 is 0.583 bits per heavy atom. The zero-order valence-electron chi connectivity index (χ0n) is 36.8. The maximum Gasteiger partial charge on any atom is 0.308 e. The topological polar surface area (TPSA) is 49.8 Å². The van der Waals surface area contributed by atoms with Crippen LogP contribution >= 0.6 is 0 Å². The van der Waals surface area contributed by atoms with Crippen molar-refractivity contribution in [2.75, 3.05) is 36.2 Å². The fourth-order valence-electron chi connectivity index (χ4n) is 7.01. The number of unbranched alkanes of at least 4 members (excludes halogenated alkanes) is 1. The van der Waals surface area contributed by atoms with Crippen molar-refractivity contribution in [3.63, 3.8) is 0 Å². The molecule has 6 aromatic rings. The Balaban J connectivity index is 0.000000254. The van der Waals surface area contributed by atoms with Gasteiger partial charge in [-0.15, -0.1) is 0 Å². The molecule has 0 saturated heterocycles. The number of pyridine rings is 2. The monoisotopic (exact) mass is 807 g/mol. The molecule has 7 heteroatoms. The Kier molecular flexibility index (Phi) is 18.4. The van der Waals surface area contributed by atoms with Gasteiger partial charge < -0.3 is 19.3 Å². The number of anilines is 5. The van der Waals surface area contributed by atoms with Crippen LogP contribution in [0, 0.1) is 5.92 Å². The lowest BCUT2D eigenvalue weighted by Gasteiger charge is -2.40. The van der Waals surface area contributed by atoms with Crippen molar-refractivity contribution in [1.82, 2.24) is 0 Å². The van der Waals surface area contributed by atoms with Gasteiger partial charge in [-0.1, -0.05) is 100 Å². The second kappa shape index (κ2) is 24.3. The summed E-state index contributed by atoms with van der Waals surface area (Å²) in [5.41, 5.74) is 10.1. The Morgan fingerprint density at radius 2 is 1.10 bits per heavy atom. The highest BCUT2D eigenvalue weighted by atomic mass is 16.6. The smallest absolute Gasteiger partial charge is 0.308 e. The van der Waals surface area contributed by atoms with Crippen molar-refractivity contribution in [3.8, 4) is 11.1 Å². The maximum absolute atomic E-state index is 11.1. The normalized spacial score (nSPS) is 12.4. The largest absolute Gasteiger partial charge is 0.463 e. The van der Waals surface area contributed by atoms with E-state index in [1.54, 1.807) is 0 Å². The number of fused-ring (bicyclic) bond motifs is 2. The molecule has 60 heavy (non-hydrogen) atoms. The molecule has 0 N–H and O–H groups in total. The van der Waals surface area contributed by atoms with Crippen LogP contribution in [0.15, 0.2) is 158 Å². The number of carbonyl (C=O) groups excluding carboxylic acids is 1. The summed E-state index contributed by atoms with van der Waals surface area (Å²) in [5, 5.41) is 0. The predicted molar refractivity (Wildman–Crippen MR) is 247 cm³/mol. The van der Waals surface area contributed by atoms with Crippen LogP contribution in [0.3, 0.4) is 0 Å². The number of hydrogen-bond donors (Lipinski definition) is 0. The Bertz CT molecular complexity index is 2080. The third-order valence-corrected chi connectivity index (χ3v) is 11.0. The first-order chi connectivity index (χ1) is 29.4. The average Bonchev–Trinajstić information content (AvgIpc) is 3.32. The summed E-state index contributed by atoms with van der Waals surface area (Å²) in [6, 6.07) is 47.7. The van der Waals surface area contributed by atoms with E-state index in [2.05, 4.69) is 198 Å². The van der Waals surface area contributed by atoms with Gasteiger partial charge >= 0.3 is 5.97 Å². The minimum absolute atomic E-state index is 0.00614. The molecule has 314 valence electrons. The molecule has 0 fully saturated rings. The summed E-state index contributed by atoms with van der Waals surface area (Å²) in [6.07, 6.45) is 13.0. The lowest BCUT2D eigenvalue weighted by molar-refractivity contribution is -0.697. The number of aryl methyl sites for hydroxylation is 2. The molecular formula is C53H66N4O3+2. The average molecular weight is 807 g/mol. The van der Waals surface area contributed by atoms with Crippen LogP contribution < -0.4 is 18.9 Å². The number of carbonyl (C=O) groups is 1. The molecule has 0 aliphatic carbocycles. The fraction of sp³-hybridized carbons (Fsp3) is 0.340. The molecule has 2 atom stereocenters. The molecule has 3 heterocycles. The van der Waals surface area contributed by atoms with Crippen molar-refractivity contribution in [1.29, 1.82) is 0 Å². The third kappa shape index (κ3) is 12.9. The SMILES string of the molecule is CCOCCOC(=O)[C@H](C)CC.CC[C@@H](C)c1ccccc1.CC[n+]1ccc(-c2cc[n+](CCCCN3c4ccccc4N(c4ccccc4)c4ccccc43)cc2)cc1. The Morgan fingerprint density at radius 3 is 1.62 bits per heavy atom. The van der Waals surface area contributed by atoms with Crippen molar-refractivity contribution >= 4 is 34.4 Å². The predicted octanol–water partition coefficient (Wildman–Crippen LogP) is 12.2. The first-order valence-electron chi connectivity index (χ1n) is 22.0. The molecular weight excluding hydrogens is 741 g/mol. The van der Waals surface area contributed by atoms with Crippen molar-refractivity contribution in [3.05, 3.63) is 164 Å². The van der Waals surface area contributed by atoms with E-state index in [4.69, 9.17) is 9.47 Å². The van der Waals surface area contributed by atoms with Gasteiger partial charge in [0, 0.05) is 49.5 Å². The molecule has 0 spiro atoms. The van der Waals surface area contributed by atoms with Gasteiger partial charge in [0.1, 0.15) is 19.7 Å². The zero-order valence-corrected chi connectivity index (χ0v) is 36.8. The standard InChI is InChI=1S/C34H34N4.C10H14.C9H18O3/c1-2-35-24-18-28(19-25-35)29-20-26-36(27-21-29)22-10-11-23-37-31-14-6-8-16-33(31)38(30-12-4-3-5-13-30)34-17-9-7-15-32(34)37;1-3-9(2)10-7-5-4-6-8-10;1-4-8(3)9(10)12-7-6-11-5-2/h3-9,12-21,24-27H,2,10-11,22-23H2,1H3;4-9H,3H2,1-2H3;8H,4-7H2,1-3H3/q+2;;/t;9-;8-/m.11/s1. The van der Waals surface area contributed by atoms with Gasteiger partial charge in [-0.05, 0) is 92.1 Å². The molecule has 1 aliphatic heterocycles. The highest BCUT2D eigenvalue weighted by Crippen LogP contribution is 2.51. The number of para-hydroxylation sites is 5. The summed E-state index contributed by atoms with van der Waals surface area (Å²) >= 11 is 0. The Labute approximate surface area is 359 Å². The van der Waals surface area contributed by atoms with E-state index in [1.165, 1.54) is 51.5 Å². The van der Waals surface area contributed by atoms with Crippen LogP contribution in [0.5, 0.6) is 0 Å². The number of hydrogen-bond acceptors (Lipinski definition) is 5. The van der Waals surface area contributed by atoms with Crippen molar-refractivity contribution in [2.45, 2.75) is 86.2 Å². The molecule has 0 unspecified atom stereocenters. The highest BCUT2D eigenvalue weighted by molar-refractivity contribution is 5.97. The number of benzene rings is 4. The fourth-order valence-corrected chi connectivity index (χ4v) is 7.01. The van der Waals surface area contributed by atoms with Crippen LogP contribution in [0.2, 0.25) is 0 Å². The zero-order chi connectivity index (χ0) is 42.5. The quantitative estimate of drug-likeness (QED) is 0.0554. The molecule has 7 rings (SSSR count). The van der Waals surface area contributed by atoms with Crippen LogP contribution in [-0.4, -0.2) is 32.3 Å². The first-order valence-corrected chi connectivity index (χ1v) is 22.0. The minimum Gasteiger partial charge on any atom is -0.463 e. The second-order valence-corrected chi connectivity index (χ2v) is 15.1. The number of aromatic nitrogens is 2. The maximum atomic E-state index is 11.1. The molecule has 0 bridgehead atoms. The number of nitrogens with zero attached hydrogens (tertiary/aromatic N) is 4. The van der Waals surface area contributed by atoms with Crippen molar-refractivity contribution in [2.24, 2.45) is 5.92 Å². The lowest BCUT2D eigenvalue weighted by atomic mass is 9.99. The second-order valence-electron chi connectivity index (χ2n) is 15.1. The van der Waals surface area contributed by atoms with E-state index in [0.29, 0.717) is 25.7 Å². The van der Waals surface area contributed by atoms with E-state index in [0.717, 1.165) is 38.9 Å². The molecule has 4 aromatic carbocycles. The summed E-state index contributed by atoms with van der Waals surface area (Å²) in [6.45, 7) is 16.9. The van der Waals surface area contributed by atoms with Gasteiger partial charge in [-0.2, -0.15) is 0 Å². The number of esters is 1. The van der Waals surface area contributed by atoms with E-state index in [-0.39, 0.29) is 11.9 Å². The molecule has 1 aliphatic rings. The van der Waals surface area contributed by atoms with E-state index >= 15 is 0 Å². The minimum atomic E-state index is -0.128. The van der Waals surface area contributed by atoms with Gasteiger partial charge in [0.2, 0.25) is 0 Å². The molecule has 0 amide bonds. The Hall–Kier alpha value is -5.79. The van der Waals surface area contributed by atoms with Gasteiger partial charge in [-0.25, -0.2) is 9.13 Å². The van der Waals surface area contributed by atoms with Crippen LogP contribution in [0.4, 0.5) is 28.4 Å². The van der Waals surface area contributed by atoms with Crippen LogP contribution in [0.1, 0.15) is 78.7 Å². The number of ether oxygens (including phenoxy) is 2. The lowest BCUT2D eigenvalue weighted by Crippen LogP contribution is -2.33. The summed E-state index contributed by atoms with van der Waals surface area (Å²) < 4.78 is 14.4. The van der Waals surface area contributed by atoms with Crippen LogP contribution in [-0.2, 0) is 27.4 Å².